The monoisotopic (exact) mass is 255 g/mol. The molecule has 0 aromatic heterocycles. The zero-order valence-electron chi connectivity index (χ0n) is 10.4. The summed E-state index contributed by atoms with van der Waals surface area (Å²) in [6.45, 7) is 7.11. The zero-order chi connectivity index (χ0) is 13.1. The van der Waals surface area contributed by atoms with E-state index in [1.54, 1.807) is 12.1 Å². The number of rotatable bonds is 5. The van der Waals surface area contributed by atoms with Crippen LogP contribution in [-0.2, 0) is 0 Å². The number of carboxylic acids is 1. The maximum atomic E-state index is 11.1. The third kappa shape index (κ3) is 3.93. The zero-order valence-corrected chi connectivity index (χ0v) is 11.1. The largest absolute Gasteiger partial charge is 0.478 e. The predicted octanol–water partition coefficient (Wildman–Crippen LogP) is 3.89. The number of carbonyl (C=O) groups is 1. The van der Waals surface area contributed by atoms with E-state index in [-0.39, 0.29) is 11.0 Å². The fraction of sp³-hybridized carbons (Fsp3) is 0.462. The summed E-state index contributed by atoms with van der Waals surface area (Å²) >= 11 is 5.79. The highest BCUT2D eigenvalue weighted by Gasteiger charge is 2.17. The number of anilines is 1. The summed E-state index contributed by atoms with van der Waals surface area (Å²) in [5.41, 5.74) is 0.961. The van der Waals surface area contributed by atoms with Crippen LogP contribution in [0.1, 0.15) is 37.6 Å². The van der Waals surface area contributed by atoms with Gasteiger partial charge in [0.15, 0.2) is 0 Å². The van der Waals surface area contributed by atoms with Gasteiger partial charge in [-0.05, 0) is 30.0 Å². The van der Waals surface area contributed by atoms with Gasteiger partial charge in [-0.15, -0.1) is 0 Å². The van der Waals surface area contributed by atoms with Crippen LogP contribution in [0.5, 0.6) is 0 Å². The highest BCUT2D eigenvalue weighted by Crippen LogP contribution is 2.24. The summed E-state index contributed by atoms with van der Waals surface area (Å²) in [6, 6.07) is 4.86. The predicted molar refractivity (Wildman–Crippen MR) is 71.0 cm³/mol. The summed E-state index contributed by atoms with van der Waals surface area (Å²) in [6.07, 6.45) is 1.02. The molecule has 0 bridgehead atoms. The lowest BCUT2D eigenvalue weighted by molar-refractivity contribution is 0.0698. The van der Waals surface area contributed by atoms with Crippen molar-refractivity contribution in [3.05, 3.63) is 28.8 Å². The van der Waals surface area contributed by atoms with Crippen molar-refractivity contribution in [2.45, 2.75) is 27.2 Å². The Morgan fingerprint density at radius 3 is 2.65 bits per heavy atom. The van der Waals surface area contributed by atoms with E-state index in [0.29, 0.717) is 10.7 Å². The average Bonchev–Trinajstić information content (AvgIpc) is 2.27. The lowest BCUT2D eigenvalue weighted by Crippen LogP contribution is -2.22. The van der Waals surface area contributed by atoms with Crippen LogP contribution in [0.4, 0.5) is 5.69 Å². The molecular weight excluding hydrogens is 238 g/mol. The first-order valence-corrected chi connectivity index (χ1v) is 6.00. The van der Waals surface area contributed by atoms with Gasteiger partial charge in [0.25, 0.3) is 0 Å². The number of aromatic carboxylic acids is 1. The second kappa shape index (κ2) is 5.41. The van der Waals surface area contributed by atoms with Gasteiger partial charge in [0.05, 0.1) is 5.56 Å². The molecule has 0 heterocycles. The molecule has 0 aliphatic carbocycles. The average molecular weight is 256 g/mol. The van der Waals surface area contributed by atoms with Gasteiger partial charge < -0.3 is 10.4 Å². The highest BCUT2D eigenvalue weighted by atomic mass is 35.5. The van der Waals surface area contributed by atoms with Crippen LogP contribution >= 0.6 is 11.6 Å². The van der Waals surface area contributed by atoms with Gasteiger partial charge in [-0.2, -0.15) is 0 Å². The first kappa shape index (κ1) is 13.8. The number of carboxylic acid groups (broad SMARTS) is 1. The van der Waals surface area contributed by atoms with E-state index >= 15 is 0 Å². The fourth-order valence-corrected chi connectivity index (χ4v) is 1.48. The molecule has 0 spiro atoms. The molecule has 2 N–H and O–H groups in total. The third-order valence-corrected chi connectivity index (χ3v) is 3.16. The van der Waals surface area contributed by atoms with Gasteiger partial charge in [0.1, 0.15) is 0 Å². The smallest absolute Gasteiger partial charge is 0.337 e. The Kier molecular flexibility index (Phi) is 4.40. The van der Waals surface area contributed by atoms with E-state index < -0.39 is 5.97 Å². The van der Waals surface area contributed by atoms with Crippen molar-refractivity contribution < 1.29 is 9.90 Å². The molecular formula is C13H18ClNO2. The second-order valence-electron chi connectivity index (χ2n) is 4.87. The van der Waals surface area contributed by atoms with Crippen LogP contribution in [0.15, 0.2) is 18.2 Å². The number of hydrogen-bond acceptors (Lipinski definition) is 2. The molecule has 1 aromatic carbocycles. The molecule has 0 saturated carbocycles. The lowest BCUT2D eigenvalue weighted by atomic mass is 9.90. The van der Waals surface area contributed by atoms with Crippen LogP contribution in [0.2, 0.25) is 5.02 Å². The van der Waals surface area contributed by atoms with Crippen molar-refractivity contribution in [3.8, 4) is 0 Å². The molecule has 0 amide bonds. The molecule has 1 rings (SSSR count). The van der Waals surface area contributed by atoms with Crippen LogP contribution in [0, 0.1) is 5.41 Å². The maximum absolute atomic E-state index is 11.1. The third-order valence-electron chi connectivity index (χ3n) is 2.93. The first-order chi connectivity index (χ1) is 7.85. The van der Waals surface area contributed by atoms with Gasteiger partial charge in [-0.25, -0.2) is 4.79 Å². The summed E-state index contributed by atoms with van der Waals surface area (Å²) in [7, 11) is 0. The van der Waals surface area contributed by atoms with Crippen molar-refractivity contribution >= 4 is 23.3 Å². The van der Waals surface area contributed by atoms with Crippen LogP contribution < -0.4 is 5.32 Å². The maximum Gasteiger partial charge on any atom is 0.337 e. The molecule has 17 heavy (non-hydrogen) atoms. The molecule has 4 heteroatoms. The van der Waals surface area contributed by atoms with Gasteiger partial charge in [0, 0.05) is 17.3 Å². The number of nitrogens with one attached hydrogen (secondary N) is 1. The molecule has 0 aliphatic rings. The van der Waals surface area contributed by atoms with Crippen molar-refractivity contribution in [2.75, 3.05) is 11.9 Å². The van der Waals surface area contributed by atoms with Gasteiger partial charge in [0.2, 0.25) is 0 Å². The van der Waals surface area contributed by atoms with Crippen molar-refractivity contribution in [1.29, 1.82) is 0 Å². The molecule has 3 nitrogen and oxygen atoms in total. The Labute approximate surface area is 107 Å². The summed E-state index contributed by atoms with van der Waals surface area (Å²) in [5, 5.41) is 12.7. The number of benzene rings is 1. The number of halogens is 1. The lowest BCUT2D eigenvalue weighted by Gasteiger charge is -2.24. The Balaban J connectivity index is 2.88. The molecule has 1 aromatic rings. The molecule has 0 saturated heterocycles. The van der Waals surface area contributed by atoms with Crippen LogP contribution in [0.3, 0.4) is 0 Å². The molecule has 0 aliphatic heterocycles. The normalized spacial score (nSPS) is 11.3. The Bertz CT molecular complexity index is 416. The van der Waals surface area contributed by atoms with E-state index in [9.17, 15) is 4.79 Å². The van der Waals surface area contributed by atoms with Crippen LogP contribution in [-0.4, -0.2) is 17.6 Å². The number of hydrogen-bond donors (Lipinski definition) is 2. The van der Waals surface area contributed by atoms with E-state index in [1.807, 2.05) is 0 Å². The Morgan fingerprint density at radius 2 is 2.12 bits per heavy atom. The standard InChI is InChI=1S/C13H18ClNO2/c1-4-13(2,3)8-15-11-6-5-9(14)7-10(11)12(16)17/h5-7,15H,4,8H2,1-3H3,(H,16,17). The Hall–Kier alpha value is -1.22. The molecule has 0 radical (unpaired) electrons. The van der Waals surface area contributed by atoms with E-state index in [4.69, 9.17) is 16.7 Å². The molecule has 94 valence electrons. The van der Waals surface area contributed by atoms with Crippen molar-refractivity contribution in [3.63, 3.8) is 0 Å². The minimum atomic E-state index is -0.968. The fourth-order valence-electron chi connectivity index (χ4n) is 1.31. The minimum Gasteiger partial charge on any atom is -0.478 e. The minimum absolute atomic E-state index is 0.134. The van der Waals surface area contributed by atoms with Gasteiger partial charge in [-0.1, -0.05) is 32.4 Å². The Morgan fingerprint density at radius 1 is 1.47 bits per heavy atom. The highest BCUT2D eigenvalue weighted by molar-refractivity contribution is 6.31. The SMILES string of the molecule is CCC(C)(C)CNc1ccc(Cl)cc1C(=O)O. The van der Waals surface area contributed by atoms with Crippen molar-refractivity contribution in [2.24, 2.45) is 5.41 Å². The summed E-state index contributed by atoms with van der Waals surface area (Å²) in [4.78, 5) is 11.1. The van der Waals surface area contributed by atoms with Gasteiger partial charge >= 0.3 is 5.97 Å². The van der Waals surface area contributed by atoms with E-state index in [2.05, 4.69) is 26.1 Å². The van der Waals surface area contributed by atoms with Crippen LogP contribution in [0.25, 0.3) is 0 Å². The summed E-state index contributed by atoms with van der Waals surface area (Å²) < 4.78 is 0. The van der Waals surface area contributed by atoms with E-state index in [0.717, 1.165) is 13.0 Å². The quantitative estimate of drug-likeness (QED) is 0.839. The van der Waals surface area contributed by atoms with E-state index in [1.165, 1.54) is 6.07 Å². The first-order valence-electron chi connectivity index (χ1n) is 5.62. The van der Waals surface area contributed by atoms with Crippen molar-refractivity contribution in [1.82, 2.24) is 0 Å². The molecule has 0 unspecified atom stereocenters. The summed E-state index contributed by atoms with van der Waals surface area (Å²) in [5.74, 6) is -0.968. The topological polar surface area (TPSA) is 49.3 Å². The molecule has 0 atom stereocenters. The van der Waals surface area contributed by atoms with Gasteiger partial charge in [-0.3, -0.25) is 0 Å². The second-order valence-corrected chi connectivity index (χ2v) is 5.30. The molecule has 0 fully saturated rings.